The highest BCUT2D eigenvalue weighted by Gasteiger charge is 2.19. The molecule has 10 heteroatoms. The average molecular weight is 284 g/mol. The topological polar surface area (TPSA) is 121 Å². The molecule has 2 heterocycles. The smallest absolute Gasteiger partial charge is 0.320 e. The van der Waals surface area contributed by atoms with E-state index < -0.39 is 4.92 Å². The molecule has 0 aromatic carbocycles. The molecular weight excluding hydrogens is 276 g/mol. The van der Waals surface area contributed by atoms with Crippen LogP contribution in [0.5, 0.6) is 0 Å². The van der Waals surface area contributed by atoms with Crippen LogP contribution < -0.4 is 5.73 Å². The maximum Gasteiger partial charge on any atom is 0.320 e. The minimum absolute atomic E-state index is 0.0108. The molecule has 2 rings (SSSR count). The molecule has 0 radical (unpaired) electrons. The van der Waals surface area contributed by atoms with Gasteiger partial charge in [-0.25, -0.2) is 9.97 Å². The third-order valence-electron chi connectivity index (χ3n) is 1.90. The Kier molecular flexibility index (Phi) is 3.67. The number of aryl methyl sites for hydroxylation is 1. The van der Waals surface area contributed by atoms with Crippen molar-refractivity contribution in [2.24, 2.45) is 0 Å². The van der Waals surface area contributed by atoms with Crippen LogP contribution >= 0.6 is 23.3 Å². The Morgan fingerprint density at radius 3 is 2.94 bits per heavy atom. The third kappa shape index (κ3) is 2.71. The van der Waals surface area contributed by atoms with Gasteiger partial charge in [-0.2, -0.15) is 9.36 Å². The summed E-state index contributed by atoms with van der Waals surface area (Å²) >= 11 is 2.24. The minimum Gasteiger partial charge on any atom is -0.368 e. The predicted octanol–water partition coefficient (Wildman–Crippen LogP) is 1.53. The minimum atomic E-state index is -0.552. The second kappa shape index (κ2) is 5.23. The lowest BCUT2D eigenvalue weighted by Gasteiger charge is -1.99. The molecule has 0 aliphatic rings. The van der Waals surface area contributed by atoms with Crippen molar-refractivity contribution in [3.05, 3.63) is 22.1 Å². The van der Waals surface area contributed by atoms with Gasteiger partial charge in [-0.3, -0.25) is 10.1 Å². The van der Waals surface area contributed by atoms with Crippen molar-refractivity contribution in [2.75, 3.05) is 5.73 Å². The fourth-order valence-electron chi connectivity index (χ4n) is 1.08. The summed E-state index contributed by atoms with van der Waals surface area (Å²) < 4.78 is 4.68. The summed E-state index contributed by atoms with van der Waals surface area (Å²) in [6.45, 7) is 1.93. The highest BCUT2D eigenvalue weighted by atomic mass is 32.2. The van der Waals surface area contributed by atoms with Crippen LogP contribution in [0.2, 0.25) is 0 Å². The second-order valence-corrected chi connectivity index (χ2v) is 5.10. The second-order valence-electron chi connectivity index (χ2n) is 3.11. The fraction of sp³-hybridized carbons (Fsp3) is 0.250. The van der Waals surface area contributed by atoms with Gasteiger partial charge in [0, 0.05) is 6.42 Å². The van der Waals surface area contributed by atoms with Gasteiger partial charge >= 0.3 is 5.69 Å². The third-order valence-corrected chi connectivity index (χ3v) is 3.68. The zero-order valence-corrected chi connectivity index (χ0v) is 10.9. The normalized spacial score (nSPS) is 10.5. The van der Waals surface area contributed by atoms with E-state index in [0.717, 1.165) is 18.0 Å². The summed E-state index contributed by atoms with van der Waals surface area (Å²) in [7, 11) is 0. The lowest BCUT2D eigenvalue weighted by molar-refractivity contribution is -0.388. The molecule has 94 valence electrons. The molecule has 0 amide bonds. The van der Waals surface area contributed by atoms with Crippen molar-refractivity contribution < 1.29 is 4.92 Å². The molecule has 2 aromatic rings. The van der Waals surface area contributed by atoms with Crippen molar-refractivity contribution in [1.29, 1.82) is 0 Å². The van der Waals surface area contributed by atoms with E-state index in [1.54, 1.807) is 0 Å². The van der Waals surface area contributed by atoms with Gasteiger partial charge in [0.2, 0.25) is 5.95 Å². The van der Waals surface area contributed by atoms with E-state index in [4.69, 9.17) is 5.73 Å². The largest absolute Gasteiger partial charge is 0.368 e. The van der Waals surface area contributed by atoms with Crippen LogP contribution in [0.15, 0.2) is 15.6 Å². The first-order valence-corrected chi connectivity index (χ1v) is 6.46. The summed E-state index contributed by atoms with van der Waals surface area (Å²) in [6.07, 6.45) is 1.80. The number of anilines is 1. The van der Waals surface area contributed by atoms with Crippen LogP contribution in [-0.2, 0) is 6.42 Å². The van der Waals surface area contributed by atoms with Gasteiger partial charge in [0.1, 0.15) is 12.0 Å². The molecule has 0 spiro atoms. The van der Waals surface area contributed by atoms with Crippen LogP contribution in [0.1, 0.15) is 12.7 Å². The van der Waals surface area contributed by atoms with Crippen LogP contribution in [0, 0.1) is 10.1 Å². The molecule has 0 atom stereocenters. The predicted molar refractivity (Wildman–Crippen MR) is 66.5 cm³/mol. The average Bonchev–Trinajstić information content (AvgIpc) is 2.76. The van der Waals surface area contributed by atoms with E-state index in [0.29, 0.717) is 16.6 Å². The van der Waals surface area contributed by atoms with E-state index in [1.165, 1.54) is 11.5 Å². The van der Waals surface area contributed by atoms with Gasteiger partial charge in [-0.1, -0.05) is 6.92 Å². The molecule has 0 aliphatic carbocycles. The Morgan fingerprint density at radius 2 is 2.33 bits per heavy atom. The van der Waals surface area contributed by atoms with E-state index in [1.807, 2.05) is 6.92 Å². The lowest BCUT2D eigenvalue weighted by atomic mass is 10.5. The van der Waals surface area contributed by atoms with Crippen molar-refractivity contribution >= 4 is 34.9 Å². The lowest BCUT2D eigenvalue weighted by Crippen LogP contribution is -2.00. The Morgan fingerprint density at radius 1 is 1.56 bits per heavy atom. The molecule has 18 heavy (non-hydrogen) atoms. The molecule has 0 saturated heterocycles. The van der Waals surface area contributed by atoms with Crippen LogP contribution in [0.4, 0.5) is 11.6 Å². The van der Waals surface area contributed by atoms with Gasteiger partial charge in [-0.15, -0.1) is 0 Å². The highest BCUT2D eigenvalue weighted by molar-refractivity contribution is 8.01. The standard InChI is InChI=1S/C8H8N6O2S2/c1-2-5-11-8(18-13-5)17-6-4(14(15)16)3-10-7(9)12-6/h3H,2H2,1H3,(H2,9,10,12). The Balaban J connectivity index is 2.32. The Bertz CT molecular complexity index is 587. The van der Waals surface area contributed by atoms with Gasteiger partial charge in [0.15, 0.2) is 9.37 Å². The van der Waals surface area contributed by atoms with E-state index in [9.17, 15) is 10.1 Å². The Hall–Kier alpha value is -1.81. The van der Waals surface area contributed by atoms with Gasteiger partial charge in [-0.05, 0) is 23.3 Å². The highest BCUT2D eigenvalue weighted by Crippen LogP contribution is 2.33. The number of nitro groups is 1. The fourth-order valence-corrected chi connectivity index (χ4v) is 2.76. The molecule has 0 fully saturated rings. The monoisotopic (exact) mass is 284 g/mol. The molecule has 8 nitrogen and oxygen atoms in total. The van der Waals surface area contributed by atoms with Crippen LogP contribution in [0.25, 0.3) is 0 Å². The molecule has 0 bridgehead atoms. The zero-order valence-electron chi connectivity index (χ0n) is 9.23. The summed E-state index contributed by atoms with van der Waals surface area (Å²) in [5, 5.41) is 11.0. The Labute approximate surface area is 110 Å². The van der Waals surface area contributed by atoms with Crippen molar-refractivity contribution in [3.63, 3.8) is 0 Å². The van der Waals surface area contributed by atoms with Crippen LogP contribution in [0.3, 0.4) is 0 Å². The maximum absolute atomic E-state index is 10.8. The van der Waals surface area contributed by atoms with Crippen molar-refractivity contribution in [2.45, 2.75) is 22.7 Å². The quantitative estimate of drug-likeness (QED) is 0.509. The number of hydrogen-bond acceptors (Lipinski definition) is 9. The van der Waals surface area contributed by atoms with Crippen molar-refractivity contribution in [3.8, 4) is 0 Å². The van der Waals surface area contributed by atoms with E-state index in [2.05, 4.69) is 19.3 Å². The van der Waals surface area contributed by atoms with Crippen molar-refractivity contribution in [1.82, 2.24) is 19.3 Å². The summed E-state index contributed by atoms with van der Waals surface area (Å²) in [6, 6.07) is 0. The number of rotatable bonds is 4. The molecular formula is C8H8N6O2S2. The number of nitrogens with zero attached hydrogens (tertiary/aromatic N) is 5. The number of nitrogens with two attached hydrogens (primary N) is 1. The summed E-state index contributed by atoms with van der Waals surface area (Å²) in [5.41, 5.74) is 5.23. The number of nitrogen functional groups attached to an aromatic ring is 1. The number of hydrogen-bond donors (Lipinski definition) is 1. The first-order valence-electron chi connectivity index (χ1n) is 4.87. The summed E-state index contributed by atoms with van der Waals surface area (Å²) in [4.78, 5) is 21.9. The molecule has 0 saturated carbocycles. The zero-order chi connectivity index (χ0) is 13.1. The van der Waals surface area contributed by atoms with Gasteiger partial charge in [0.05, 0.1) is 4.92 Å². The first kappa shape index (κ1) is 12.6. The number of aromatic nitrogens is 4. The van der Waals surface area contributed by atoms with Gasteiger partial charge in [0.25, 0.3) is 0 Å². The molecule has 0 unspecified atom stereocenters. The van der Waals surface area contributed by atoms with Crippen LogP contribution in [-0.4, -0.2) is 24.2 Å². The molecule has 0 aliphatic heterocycles. The first-order chi connectivity index (χ1) is 8.60. The summed E-state index contributed by atoms with van der Waals surface area (Å²) in [5.74, 6) is 0.690. The van der Waals surface area contributed by atoms with E-state index >= 15 is 0 Å². The maximum atomic E-state index is 10.8. The molecule has 2 N–H and O–H groups in total. The van der Waals surface area contributed by atoms with Gasteiger partial charge < -0.3 is 5.73 Å². The SMILES string of the molecule is CCc1nsc(Sc2nc(N)ncc2[N+](=O)[O-])n1. The molecule has 2 aromatic heterocycles. The van der Waals surface area contributed by atoms with E-state index in [-0.39, 0.29) is 16.7 Å².